The van der Waals surface area contributed by atoms with Crippen molar-refractivity contribution in [2.75, 3.05) is 25.4 Å². The molecule has 0 aliphatic heterocycles. The summed E-state index contributed by atoms with van der Waals surface area (Å²) < 4.78 is 33.9. The molecule has 0 spiro atoms. The van der Waals surface area contributed by atoms with Crippen LogP contribution in [-0.4, -0.2) is 39.9 Å². The molecule has 0 radical (unpaired) electrons. The number of nitrogens with one attached hydrogen (secondary N) is 1. The SMILES string of the molecule is Cc1cc(S(=O)(=O)Nc2cccc3ccccc23)ccc1OCC(=O)N(C)C. The highest BCUT2D eigenvalue weighted by atomic mass is 32.2. The van der Waals surface area contributed by atoms with E-state index in [1.807, 2.05) is 36.4 Å². The van der Waals surface area contributed by atoms with Crippen molar-refractivity contribution in [3.63, 3.8) is 0 Å². The maximum atomic E-state index is 12.9. The van der Waals surface area contributed by atoms with Crippen molar-refractivity contribution in [2.45, 2.75) is 11.8 Å². The Kier molecular flexibility index (Phi) is 5.56. The van der Waals surface area contributed by atoms with Gasteiger partial charge in [-0.2, -0.15) is 0 Å². The number of aryl methyl sites for hydroxylation is 1. The molecule has 6 nitrogen and oxygen atoms in total. The normalized spacial score (nSPS) is 11.2. The standard InChI is InChI=1S/C21H22N2O4S/c1-15-13-17(11-12-20(15)27-14-21(24)23(2)3)28(25,26)22-19-10-6-8-16-7-4-5-9-18(16)19/h4-13,22H,14H2,1-3H3. The van der Waals surface area contributed by atoms with Gasteiger partial charge in [0.15, 0.2) is 6.61 Å². The van der Waals surface area contributed by atoms with Gasteiger partial charge in [0.1, 0.15) is 5.75 Å². The van der Waals surface area contributed by atoms with Gasteiger partial charge in [-0.15, -0.1) is 0 Å². The van der Waals surface area contributed by atoms with Gasteiger partial charge in [-0.25, -0.2) is 8.42 Å². The maximum Gasteiger partial charge on any atom is 0.261 e. The van der Waals surface area contributed by atoms with Gasteiger partial charge in [-0.05, 0) is 42.1 Å². The second-order valence-corrected chi connectivity index (χ2v) is 8.32. The average Bonchev–Trinajstić information content (AvgIpc) is 2.66. The number of nitrogens with zero attached hydrogens (tertiary/aromatic N) is 1. The summed E-state index contributed by atoms with van der Waals surface area (Å²) in [6, 6.07) is 17.6. The van der Waals surface area contributed by atoms with Gasteiger partial charge in [0, 0.05) is 19.5 Å². The zero-order valence-electron chi connectivity index (χ0n) is 16.0. The first-order valence-electron chi connectivity index (χ1n) is 8.72. The van der Waals surface area contributed by atoms with Crippen LogP contribution in [0.5, 0.6) is 5.75 Å². The lowest BCUT2D eigenvalue weighted by molar-refractivity contribution is -0.130. The fraction of sp³-hybridized carbons (Fsp3) is 0.190. The van der Waals surface area contributed by atoms with Crippen LogP contribution in [0.25, 0.3) is 10.8 Å². The number of carbonyl (C=O) groups excluding carboxylic acids is 1. The number of carbonyl (C=O) groups is 1. The van der Waals surface area contributed by atoms with E-state index in [-0.39, 0.29) is 17.4 Å². The topological polar surface area (TPSA) is 75.7 Å². The van der Waals surface area contributed by atoms with Gasteiger partial charge in [-0.1, -0.05) is 36.4 Å². The molecule has 0 saturated carbocycles. The Labute approximate surface area is 164 Å². The Morgan fingerprint density at radius 1 is 1.04 bits per heavy atom. The number of hydrogen-bond acceptors (Lipinski definition) is 4. The lowest BCUT2D eigenvalue weighted by Gasteiger charge is -2.14. The van der Waals surface area contributed by atoms with Crippen molar-refractivity contribution in [1.29, 1.82) is 0 Å². The van der Waals surface area contributed by atoms with Crippen molar-refractivity contribution >= 4 is 32.4 Å². The predicted octanol–water partition coefficient (Wildman–Crippen LogP) is 3.42. The molecule has 0 bridgehead atoms. The molecular formula is C21H22N2O4S. The van der Waals surface area contributed by atoms with E-state index in [2.05, 4.69) is 4.72 Å². The smallest absolute Gasteiger partial charge is 0.261 e. The van der Waals surface area contributed by atoms with Crippen LogP contribution >= 0.6 is 0 Å². The number of likely N-dealkylation sites (N-methyl/N-ethyl adjacent to an activating group) is 1. The van der Waals surface area contributed by atoms with E-state index in [9.17, 15) is 13.2 Å². The zero-order chi connectivity index (χ0) is 20.3. The van der Waals surface area contributed by atoms with Crippen molar-refractivity contribution in [3.05, 3.63) is 66.2 Å². The van der Waals surface area contributed by atoms with Crippen LogP contribution in [0.3, 0.4) is 0 Å². The van der Waals surface area contributed by atoms with Gasteiger partial charge in [0.05, 0.1) is 10.6 Å². The van der Waals surface area contributed by atoms with Crippen LogP contribution in [0.15, 0.2) is 65.6 Å². The van der Waals surface area contributed by atoms with Crippen molar-refractivity contribution < 1.29 is 17.9 Å². The van der Waals surface area contributed by atoms with Crippen LogP contribution < -0.4 is 9.46 Å². The minimum atomic E-state index is -3.77. The number of sulfonamides is 1. The van der Waals surface area contributed by atoms with Gasteiger partial charge in [0.2, 0.25) is 0 Å². The van der Waals surface area contributed by atoms with Gasteiger partial charge >= 0.3 is 0 Å². The van der Waals surface area contributed by atoms with Crippen LogP contribution in [0, 0.1) is 6.92 Å². The highest BCUT2D eigenvalue weighted by Gasteiger charge is 2.17. The highest BCUT2D eigenvalue weighted by molar-refractivity contribution is 7.92. The Hall–Kier alpha value is -3.06. The molecule has 0 heterocycles. The van der Waals surface area contributed by atoms with E-state index in [1.54, 1.807) is 33.2 Å². The molecule has 1 N–H and O–H groups in total. The minimum absolute atomic E-state index is 0.103. The van der Waals surface area contributed by atoms with Gasteiger partial charge in [-0.3, -0.25) is 9.52 Å². The maximum absolute atomic E-state index is 12.9. The number of benzene rings is 3. The number of hydrogen-bond donors (Lipinski definition) is 1. The van der Waals surface area contributed by atoms with Crippen molar-refractivity contribution in [1.82, 2.24) is 4.90 Å². The molecule has 3 aromatic carbocycles. The quantitative estimate of drug-likeness (QED) is 0.690. The van der Waals surface area contributed by atoms with Crippen molar-refractivity contribution in [3.8, 4) is 5.75 Å². The minimum Gasteiger partial charge on any atom is -0.483 e. The van der Waals surface area contributed by atoms with Gasteiger partial charge < -0.3 is 9.64 Å². The number of anilines is 1. The van der Waals surface area contributed by atoms with E-state index in [0.29, 0.717) is 17.0 Å². The van der Waals surface area contributed by atoms with Crippen LogP contribution in [0.4, 0.5) is 5.69 Å². The first-order chi connectivity index (χ1) is 13.3. The zero-order valence-corrected chi connectivity index (χ0v) is 16.8. The summed E-state index contributed by atoms with van der Waals surface area (Å²) in [7, 11) is -0.477. The second kappa shape index (κ2) is 7.90. The lowest BCUT2D eigenvalue weighted by Crippen LogP contribution is -2.27. The fourth-order valence-corrected chi connectivity index (χ4v) is 3.90. The molecule has 0 fully saturated rings. The van der Waals surface area contributed by atoms with Gasteiger partial charge in [0.25, 0.3) is 15.9 Å². The van der Waals surface area contributed by atoms with E-state index >= 15 is 0 Å². The van der Waals surface area contributed by atoms with E-state index in [4.69, 9.17) is 4.74 Å². The Morgan fingerprint density at radius 2 is 1.75 bits per heavy atom. The summed E-state index contributed by atoms with van der Waals surface area (Å²) in [6.07, 6.45) is 0. The van der Waals surface area contributed by atoms with Crippen LogP contribution in [-0.2, 0) is 14.8 Å². The molecule has 0 atom stereocenters. The molecule has 0 aliphatic carbocycles. The van der Waals surface area contributed by atoms with E-state index in [0.717, 1.165) is 10.8 Å². The molecular weight excluding hydrogens is 376 g/mol. The summed E-state index contributed by atoms with van der Waals surface area (Å²) in [5.41, 5.74) is 1.15. The Bertz CT molecular complexity index is 1120. The van der Waals surface area contributed by atoms with E-state index in [1.165, 1.54) is 17.0 Å². The number of amides is 1. The number of rotatable bonds is 6. The Morgan fingerprint density at radius 3 is 2.46 bits per heavy atom. The second-order valence-electron chi connectivity index (χ2n) is 6.64. The third-order valence-electron chi connectivity index (χ3n) is 4.34. The molecule has 3 rings (SSSR count). The molecule has 0 aromatic heterocycles. The lowest BCUT2D eigenvalue weighted by atomic mass is 10.1. The Balaban J connectivity index is 1.84. The summed E-state index contributed by atoms with van der Waals surface area (Å²) in [5.74, 6) is 0.299. The largest absolute Gasteiger partial charge is 0.483 e. The van der Waals surface area contributed by atoms with Crippen LogP contribution in [0.1, 0.15) is 5.56 Å². The van der Waals surface area contributed by atoms with Crippen LogP contribution in [0.2, 0.25) is 0 Å². The summed E-state index contributed by atoms with van der Waals surface area (Å²) >= 11 is 0. The summed E-state index contributed by atoms with van der Waals surface area (Å²) in [4.78, 5) is 13.2. The fourth-order valence-electron chi connectivity index (χ4n) is 2.74. The predicted molar refractivity (Wildman–Crippen MR) is 110 cm³/mol. The molecule has 0 saturated heterocycles. The monoisotopic (exact) mass is 398 g/mol. The first-order valence-corrected chi connectivity index (χ1v) is 10.2. The van der Waals surface area contributed by atoms with Crippen molar-refractivity contribution in [2.24, 2.45) is 0 Å². The third kappa shape index (κ3) is 4.26. The molecule has 7 heteroatoms. The molecule has 0 unspecified atom stereocenters. The van der Waals surface area contributed by atoms with E-state index < -0.39 is 10.0 Å². The molecule has 146 valence electrons. The summed E-state index contributed by atoms with van der Waals surface area (Å²) in [6.45, 7) is 1.64. The molecule has 0 aliphatic rings. The molecule has 1 amide bonds. The first kappa shape index (κ1) is 19.7. The number of ether oxygens (including phenoxy) is 1. The highest BCUT2D eigenvalue weighted by Crippen LogP contribution is 2.27. The summed E-state index contributed by atoms with van der Waals surface area (Å²) in [5, 5.41) is 1.78. The third-order valence-corrected chi connectivity index (χ3v) is 5.70. The molecule has 3 aromatic rings. The average molecular weight is 398 g/mol. The molecule has 28 heavy (non-hydrogen) atoms. The number of fused-ring (bicyclic) bond motifs is 1.